The summed E-state index contributed by atoms with van der Waals surface area (Å²) in [6.45, 7) is 1.43. The highest BCUT2D eigenvalue weighted by Gasteiger charge is 2.31. The average molecular weight is 316 g/mol. The Morgan fingerprint density at radius 3 is 2.74 bits per heavy atom. The number of cyclic esters (lactones) is 1. The summed E-state index contributed by atoms with van der Waals surface area (Å²) in [5, 5.41) is 21.2. The van der Waals surface area contributed by atoms with Crippen molar-refractivity contribution in [3.8, 4) is 17.2 Å². The molecular weight excluding hydrogens is 300 g/mol. The quantitative estimate of drug-likeness (QED) is 0.844. The van der Waals surface area contributed by atoms with E-state index >= 15 is 0 Å². The highest BCUT2D eigenvalue weighted by molar-refractivity contribution is 6.06. The molecule has 0 radical (unpaired) electrons. The van der Waals surface area contributed by atoms with Gasteiger partial charge in [0.2, 0.25) is 0 Å². The molecule has 2 N–H and O–H groups in total. The topological polar surface area (TPSA) is 93.1 Å². The van der Waals surface area contributed by atoms with E-state index in [-0.39, 0.29) is 34.7 Å². The summed E-state index contributed by atoms with van der Waals surface area (Å²) < 4.78 is 10.3. The van der Waals surface area contributed by atoms with Gasteiger partial charge in [-0.2, -0.15) is 0 Å². The molecule has 0 bridgehead atoms. The average Bonchev–Trinajstić information content (AvgIpc) is 2.45. The van der Waals surface area contributed by atoms with Crippen LogP contribution in [0.4, 0.5) is 0 Å². The number of hydrogen-bond donors (Lipinski definition) is 2. The lowest BCUT2D eigenvalue weighted by molar-refractivity contribution is -0.119. The van der Waals surface area contributed by atoms with Gasteiger partial charge in [0.15, 0.2) is 0 Å². The number of methoxy groups -OCH3 is 1. The van der Waals surface area contributed by atoms with Crippen LogP contribution in [-0.2, 0) is 16.0 Å². The molecule has 6 nitrogen and oxygen atoms in total. The van der Waals surface area contributed by atoms with E-state index in [1.165, 1.54) is 20.1 Å². The lowest BCUT2D eigenvalue weighted by Crippen LogP contribution is -2.29. The van der Waals surface area contributed by atoms with Crippen LogP contribution in [0.15, 0.2) is 18.2 Å². The van der Waals surface area contributed by atoms with Gasteiger partial charge in [0.25, 0.3) is 0 Å². The van der Waals surface area contributed by atoms with Crippen LogP contribution in [0.5, 0.6) is 17.2 Å². The van der Waals surface area contributed by atoms with E-state index in [1.54, 1.807) is 12.1 Å². The summed E-state index contributed by atoms with van der Waals surface area (Å²) >= 11 is 0. The molecule has 2 aromatic rings. The fourth-order valence-corrected chi connectivity index (χ4v) is 2.97. The molecule has 0 amide bonds. The predicted octanol–water partition coefficient (Wildman–Crippen LogP) is 2.32. The molecule has 6 heteroatoms. The lowest BCUT2D eigenvalue weighted by atomic mass is 9.91. The monoisotopic (exact) mass is 316 g/mol. The van der Waals surface area contributed by atoms with Crippen molar-refractivity contribution in [2.24, 2.45) is 0 Å². The number of aromatic hydroxyl groups is 2. The molecule has 1 heterocycles. The van der Waals surface area contributed by atoms with Gasteiger partial charge in [-0.1, -0.05) is 0 Å². The van der Waals surface area contributed by atoms with Gasteiger partial charge in [-0.05, 0) is 30.0 Å². The summed E-state index contributed by atoms with van der Waals surface area (Å²) in [5.74, 6) is -0.821. The number of esters is 1. The molecule has 3 rings (SSSR count). The Kier molecular flexibility index (Phi) is 3.60. The molecule has 1 aliphatic heterocycles. The maximum Gasteiger partial charge on any atom is 0.342 e. The van der Waals surface area contributed by atoms with E-state index in [2.05, 4.69) is 0 Å². The zero-order valence-electron chi connectivity index (χ0n) is 12.8. The second-order valence-corrected chi connectivity index (χ2v) is 5.64. The van der Waals surface area contributed by atoms with Crippen LogP contribution < -0.4 is 4.74 Å². The molecule has 1 atom stereocenters. The first-order chi connectivity index (χ1) is 10.9. The third kappa shape index (κ3) is 2.56. The van der Waals surface area contributed by atoms with Gasteiger partial charge >= 0.3 is 5.97 Å². The Hall–Kier alpha value is -2.76. The second-order valence-electron chi connectivity index (χ2n) is 5.64. The second kappa shape index (κ2) is 5.46. The van der Waals surface area contributed by atoms with Crippen LogP contribution in [0.3, 0.4) is 0 Å². The molecule has 0 spiro atoms. The fraction of sp³-hybridized carbons (Fsp3) is 0.294. The number of ether oxygens (including phenoxy) is 2. The number of benzene rings is 2. The van der Waals surface area contributed by atoms with E-state index in [4.69, 9.17) is 9.47 Å². The smallest absolute Gasteiger partial charge is 0.342 e. The Bertz CT molecular complexity index is 824. The van der Waals surface area contributed by atoms with Crippen molar-refractivity contribution in [2.75, 3.05) is 7.11 Å². The first-order valence-electron chi connectivity index (χ1n) is 7.16. The summed E-state index contributed by atoms with van der Waals surface area (Å²) in [4.78, 5) is 23.4. The Labute approximate surface area is 132 Å². The molecule has 0 unspecified atom stereocenters. The van der Waals surface area contributed by atoms with Gasteiger partial charge in [-0.25, -0.2) is 4.79 Å². The molecule has 0 fully saturated rings. The first-order valence-corrected chi connectivity index (χ1v) is 7.16. The molecule has 1 aliphatic rings. The van der Waals surface area contributed by atoms with Gasteiger partial charge in [0.05, 0.1) is 12.5 Å². The Morgan fingerprint density at radius 1 is 1.35 bits per heavy atom. The van der Waals surface area contributed by atoms with Crippen LogP contribution in [-0.4, -0.2) is 35.2 Å². The number of phenolic OH excluding ortho intramolecular Hbond substituents is 2. The van der Waals surface area contributed by atoms with Gasteiger partial charge in [0.1, 0.15) is 34.7 Å². The van der Waals surface area contributed by atoms with Gasteiger partial charge in [0, 0.05) is 18.9 Å². The van der Waals surface area contributed by atoms with Gasteiger partial charge in [-0.15, -0.1) is 0 Å². The molecule has 23 heavy (non-hydrogen) atoms. The zero-order chi connectivity index (χ0) is 16.7. The summed E-state index contributed by atoms with van der Waals surface area (Å²) in [6.07, 6.45) is -0.0707. The lowest BCUT2D eigenvalue weighted by Gasteiger charge is -2.25. The summed E-state index contributed by atoms with van der Waals surface area (Å²) in [7, 11) is 1.47. The standard InChI is InChI=1S/C17H16O6/c1-8(18)3-12-6-10-4-9-5-11(22-2)7-13(19)14(9)16(20)15(10)17(21)23-12/h4-5,7,12,19-20H,3,6H2,1-2H3/t12-/m1/s1. The third-order valence-corrected chi connectivity index (χ3v) is 3.92. The van der Waals surface area contributed by atoms with E-state index < -0.39 is 12.1 Å². The fourth-order valence-electron chi connectivity index (χ4n) is 2.97. The van der Waals surface area contributed by atoms with E-state index in [1.807, 2.05) is 0 Å². The van der Waals surface area contributed by atoms with E-state index in [0.29, 0.717) is 23.1 Å². The number of Topliss-reactive ketones (excluding diaryl/α,β-unsaturated/α-hetero) is 1. The summed E-state index contributed by atoms with van der Waals surface area (Å²) in [5.41, 5.74) is 0.628. The first kappa shape index (κ1) is 15.1. The Morgan fingerprint density at radius 2 is 2.09 bits per heavy atom. The van der Waals surface area contributed by atoms with E-state index in [9.17, 15) is 19.8 Å². The maximum atomic E-state index is 12.2. The van der Waals surface area contributed by atoms with Crippen molar-refractivity contribution >= 4 is 22.5 Å². The number of hydrogen-bond acceptors (Lipinski definition) is 6. The van der Waals surface area contributed by atoms with Crippen molar-refractivity contribution in [1.29, 1.82) is 0 Å². The van der Waals surface area contributed by atoms with Crippen LogP contribution >= 0.6 is 0 Å². The minimum atomic E-state index is -0.688. The van der Waals surface area contributed by atoms with Crippen molar-refractivity contribution < 1.29 is 29.3 Å². The predicted molar refractivity (Wildman–Crippen MR) is 82.0 cm³/mol. The van der Waals surface area contributed by atoms with Crippen LogP contribution in [0.1, 0.15) is 29.3 Å². The van der Waals surface area contributed by atoms with Crippen LogP contribution in [0.2, 0.25) is 0 Å². The number of carbonyl (C=O) groups excluding carboxylic acids is 2. The number of fused-ring (bicyclic) bond motifs is 2. The minimum Gasteiger partial charge on any atom is -0.507 e. The Balaban J connectivity index is 2.18. The number of rotatable bonds is 3. The molecule has 0 aromatic heterocycles. The summed E-state index contributed by atoms with van der Waals surface area (Å²) in [6, 6.07) is 4.73. The molecule has 0 saturated heterocycles. The number of phenols is 2. The molecule has 2 aromatic carbocycles. The van der Waals surface area contributed by atoms with Gasteiger partial charge in [-0.3, -0.25) is 4.79 Å². The molecule has 120 valence electrons. The highest BCUT2D eigenvalue weighted by atomic mass is 16.5. The molecule has 0 aliphatic carbocycles. The zero-order valence-corrected chi connectivity index (χ0v) is 12.8. The normalized spacial score (nSPS) is 16.8. The minimum absolute atomic E-state index is 0.0396. The van der Waals surface area contributed by atoms with Crippen molar-refractivity contribution in [3.05, 3.63) is 29.3 Å². The third-order valence-electron chi connectivity index (χ3n) is 3.92. The van der Waals surface area contributed by atoms with Crippen LogP contribution in [0, 0.1) is 0 Å². The highest BCUT2D eigenvalue weighted by Crippen LogP contribution is 2.42. The molecule has 0 saturated carbocycles. The SMILES string of the molecule is COc1cc(O)c2c(O)c3c(cc2c1)C[C@@H](CC(C)=O)OC3=O. The van der Waals surface area contributed by atoms with Crippen molar-refractivity contribution in [3.63, 3.8) is 0 Å². The van der Waals surface area contributed by atoms with Crippen molar-refractivity contribution in [1.82, 2.24) is 0 Å². The number of ketones is 1. The largest absolute Gasteiger partial charge is 0.507 e. The van der Waals surface area contributed by atoms with Crippen LogP contribution in [0.25, 0.3) is 10.8 Å². The molecular formula is C17H16O6. The number of carbonyl (C=O) groups is 2. The van der Waals surface area contributed by atoms with Crippen molar-refractivity contribution in [2.45, 2.75) is 25.9 Å². The maximum absolute atomic E-state index is 12.2. The van der Waals surface area contributed by atoms with Gasteiger partial charge < -0.3 is 19.7 Å². The van der Waals surface area contributed by atoms with E-state index in [0.717, 1.165) is 0 Å².